The molecule has 0 aliphatic rings. The van der Waals surface area contributed by atoms with Crippen LogP contribution in [0.1, 0.15) is 24.4 Å². The van der Waals surface area contributed by atoms with Crippen molar-refractivity contribution in [2.75, 3.05) is 0 Å². The van der Waals surface area contributed by atoms with Crippen molar-refractivity contribution in [3.05, 3.63) is 36.0 Å². The van der Waals surface area contributed by atoms with E-state index in [0.29, 0.717) is 10.9 Å². The Bertz CT molecular complexity index is 740. The summed E-state index contributed by atoms with van der Waals surface area (Å²) >= 11 is 0. The first-order valence-electron chi connectivity index (χ1n) is 6.96. The second kappa shape index (κ2) is 6.93. The number of carbonyl (C=O) groups excluding carboxylic acids is 1. The van der Waals surface area contributed by atoms with E-state index in [1.54, 1.807) is 24.3 Å². The van der Waals surface area contributed by atoms with Crippen LogP contribution in [0.5, 0.6) is 0 Å². The van der Waals surface area contributed by atoms with Crippen LogP contribution < -0.4 is 11.1 Å². The largest absolute Gasteiger partial charge is 0.481 e. The fourth-order valence-electron chi connectivity index (χ4n) is 2.26. The fourth-order valence-corrected chi connectivity index (χ4v) is 2.26. The molecule has 23 heavy (non-hydrogen) atoms. The third kappa shape index (κ3) is 3.86. The van der Waals surface area contributed by atoms with Gasteiger partial charge >= 0.3 is 11.9 Å². The zero-order valence-corrected chi connectivity index (χ0v) is 12.2. The van der Waals surface area contributed by atoms with Gasteiger partial charge in [0.25, 0.3) is 0 Å². The van der Waals surface area contributed by atoms with E-state index in [1.165, 1.54) is 6.20 Å². The van der Waals surface area contributed by atoms with Crippen LogP contribution in [-0.2, 0) is 14.4 Å². The molecule has 2 atom stereocenters. The van der Waals surface area contributed by atoms with E-state index in [1.807, 2.05) is 0 Å². The van der Waals surface area contributed by atoms with Crippen LogP contribution in [0, 0.1) is 0 Å². The SMILES string of the molecule is NC(CCC(=O)O)C(=O)NC(C(=O)O)c1c[nH]c2ccccc12. The van der Waals surface area contributed by atoms with E-state index in [0.717, 1.165) is 5.52 Å². The highest BCUT2D eigenvalue weighted by atomic mass is 16.4. The standard InChI is InChI=1S/C15H17N3O5/c16-10(5-6-12(19)20)14(21)18-13(15(22)23)9-7-17-11-4-2-1-3-8(9)11/h1-4,7,10,13,17H,5-6,16H2,(H,18,21)(H,19,20)(H,22,23). The van der Waals surface area contributed by atoms with Gasteiger partial charge in [0.15, 0.2) is 6.04 Å². The maximum absolute atomic E-state index is 12.0. The number of carbonyl (C=O) groups is 3. The zero-order chi connectivity index (χ0) is 17.0. The molecule has 122 valence electrons. The summed E-state index contributed by atoms with van der Waals surface area (Å²) in [5.74, 6) is -3.00. The molecule has 0 spiro atoms. The van der Waals surface area contributed by atoms with Crippen LogP contribution in [0.4, 0.5) is 0 Å². The Morgan fingerprint density at radius 3 is 2.57 bits per heavy atom. The van der Waals surface area contributed by atoms with Gasteiger partial charge in [-0.1, -0.05) is 18.2 Å². The van der Waals surface area contributed by atoms with E-state index in [4.69, 9.17) is 10.8 Å². The third-order valence-corrected chi connectivity index (χ3v) is 3.47. The number of nitrogens with two attached hydrogens (primary N) is 1. The topological polar surface area (TPSA) is 146 Å². The number of aromatic amines is 1. The first-order chi connectivity index (χ1) is 10.9. The van der Waals surface area contributed by atoms with Crippen molar-refractivity contribution < 1.29 is 24.6 Å². The molecule has 1 aromatic heterocycles. The molecule has 2 aromatic rings. The normalized spacial score (nSPS) is 13.4. The molecule has 8 heteroatoms. The van der Waals surface area contributed by atoms with E-state index in [-0.39, 0.29) is 12.8 Å². The summed E-state index contributed by atoms with van der Waals surface area (Å²) in [5.41, 5.74) is 6.76. The van der Waals surface area contributed by atoms with Crippen LogP contribution in [-0.4, -0.2) is 39.1 Å². The number of carboxylic acid groups (broad SMARTS) is 2. The number of aliphatic carboxylic acids is 2. The highest BCUT2D eigenvalue weighted by Gasteiger charge is 2.27. The predicted molar refractivity (Wildman–Crippen MR) is 81.7 cm³/mol. The number of amides is 1. The molecule has 1 aromatic carbocycles. The van der Waals surface area contributed by atoms with E-state index >= 15 is 0 Å². The van der Waals surface area contributed by atoms with Gasteiger partial charge in [-0.2, -0.15) is 0 Å². The second-order valence-electron chi connectivity index (χ2n) is 5.11. The number of para-hydroxylation sites is 1. The van der Waals surface area contributed by atoms with Crippen LogP contribution in [0.15, 0.2) is 30.5 Å². The number of rotatable bonds is 7. The summed E-state index contributed by atoms with van der Waals surface area (Å²) in [5, 5.41) is 21.0. The average molecular weight is 319 g/mol. The highest BCUT2D eigenvalue weighted by Crippen LogP contribution is 2.24. The number of carboxylic acids is 2. The van der Waals surface area contributed by atoms with E-state index < -0.39 is 29.9 Å². The van der Waals surface area contributed by atoms with Gasteiger partial charge in [-0.3, -0.25) is 9.59 Å². The molecule has 0 saturated heterocycles. The average Bonchev–Trinajstić information content (AvgIpc) is 2.93. The molecule has 8 nitrogen and oxygen atoms in total. The lowest BCUT2D eigenvalue weighted by Crippen LogP contribution is -2.44. The van der Waals surface area contributed by atoms with Crippen LogP contribution >= 0.6 is 0 Å². The zero-order valence-electron chi connectivity index (χ0n) is 12.2. The van der Waals surface area contributed by atoms with Gasteiger partial charge in [-0.25, -0.2) is 4.79 Å². The number of H-pyrrole nitrogens is 1. The number of aromatic nitrogens is 1. The summed E-state index contributed by atoms with van der Waals surface area (Å²) in [6.45, 7) is 0. The maximum atomic E-state index is 12.0. The van der Waals surface area contributed by atoms with Gasteiger partial charge in [0.05, 0.1) is 6.04 Å². The molecule has 0 aliphatic carbocycles. The molecule has 1 heterocycles. The van der Waals surface area contributed by atoms with Crippen molar-refractivity contribution >= 4 is 28.7 Å². The number of hydrogen-bond donors (Lipinski definition) is 5. The van der Waals surface area contributed by atoms with Gasteiger partial charge in [0.1, 0.15) is 0 Å². The smallest absolute Gasteiger partial charge is 0.330 e. The van der Waals surface area contributed by atoms with Gasteiger partial charge in [0.2, 0.25) is 5.91 Å². The maximum Gasteiger partial charge on any atom is 0.330 e. The Balaban J connectivity index is 2.18. The van der Waals surface area contributed by atoms with Crippen LogP contribution in [0.3, 0.4) is 0 Å². The molecule has 2 rings (SSSR count). The van der Waals surface area contributed by atoms with Gasteiger partial charge in [0, 0.05) is 29.1 Å². The Morgan fingerprint density at radius 1 is 1.22 bits per heavy atom. The highest BCUT2D eigenvalue weighted by molar-refractivity contribution is 5.93. The Hall–Kier alpha value is -2.87. The monoisotopic (exact) mass is 319 g/mol. The summed E-state index contributed by atoms with van der Waals surface area (Å²) < 4.78 is 0. The first kappa shape index (κ1) is 16.5. The van der Waals surface area contributed by atoms with Crippen molar-refractivity contribution in [3.63, 3.8) is 0 Å². The number of hydrogen-bond acceptors (Lipinski definition) is 4. The predicted octanol–water partition coefficient (Wildman–Crippen LogP) is 0.602. The fraction of sp³-hybridized carbons (Fsp3) is 0.267. The summed E-state index contributed by atoms with van der Waals surface area (Å²) in [6, 6.07) is 4.75. The second-order valence-corrected chi connectivity index (χ2v) is 5.11. The molecule has 1 amide bonds. The van der Waals surface area contributed by atoms with E-state index in [2.05, 4.69) is 10.3 Å². The summed E-state index contributed by atoms with van der Waals surface area (Å²) in [7, 11) is 0. The van der Waals surface area contributed by atoms with Crippen molar-refractivity contribution in [2.45, 2.75) is 24.9 Å². The van der Waals surface area contributed by atoms with Crippen LogP contribution in [0.2, 0.25) is 0 Å². The lowest BCUT2D eigenvalue weighted by Gasteiger charge is -2.17. The van der Waals surface area contributed by atoms with Crippen molar-refractivity contribution in [2.24, 2.45) is 5.73 Å². The number of benzene rings is 1. The third-order valence-electron chi connectivity index (χ3n) is 3.47. The Labute approximate surface area is 131 Å². The van der Waals surface area contributed by atoms with Gasteiger partial charge in [-0.05, 0) is 12.5 Å². The molecule has 6 N–H and O–H groups in total. The minimum atomic E-state index is -1.27. The number of fused-ring (bicyclic) bond motifs is 1. The molecule has 0 fully saturated rings. The lowest BCUT2D eigenvalue weighted by molar-refractivity contribution is -0.142. The van der Waals surface area contributed by atoms with Crippen molar-refractivity contribution in [3.8, 4) is 0 Å². The minimum Gasteiger partial charge on any atom is -0.481 e. The van der Waals surface area contributed by atoms with E-state index in [9.17, 15) is 19.5 Å². The molecule has 2 unspecified atom stereocenters. The number of nitrogens with one attached hydrogen (secondary N) is 2. The van der Waals surface area contributed by atoms with Crippen molar-refractivity contribution in [1.29, 1.82) is 0 Å². The van der Waals surface area contributed by atoms with Gasteiger partial charge in [-0.15, -0.1) is 0 Å². The minimum absolute atomic E-state index is 0.0681. The molecule has 0 saturated carbocycles. The summed E-state index contributed by atoms with van der Waals surface area (Å²) in [6.07, 6.45) is 1.19. The van der Waals surface area contributed by atoms with Gasteiger partial charge < -0.3 is 26.2 Å². The molecule has 0 bridgehead atoms. The first-order valence-corrected chi connectivity index (χ1v) is 6.96. The Morgan fingerprint density at radius 2 is 1.91 bits per heavy atom. The molecule has 0 aliphatic heterocycles. The van der Waals surface area contributed by atoms with Crippen molar-refractivity contribution in [1.82, 2.24) is 10.3 Å². The van der Waals surface area contributed by atoms with Crippen LogP contribution in [0.25, 0.3) is 10.9 Å². The molecular weight excluding hydrogens is 302 g/mol. The molecular formula is C15H17N3O5. The Kier molecular flexibility index (Phi) is 4.97. The lowest BCUT2D eigenvalue weighted by atomic mass is 10.0. The summed E-state index contributed by atoms with van der Waals surface area (Å²) in [4.78, 5) is 36.9. The molecule has 0 radical (unpaired) electrons. The quantitative estimate of drug-likeness (QED) is 0.505.